The van der Waals surface area contributed by atoms with Crippen LogP contribution in [-0.2, 0) is 5.41 Å². The van der Waals surface area contributed by atoms with Crippen molar-refractivity contribution in [3.8, 4) is 0 Å². The molecule has 0 aliphatic carbocycles. The van der Waals surface area contributed by atoms with Crippen LogP contribution in [0.25, 0.3) is 0 Å². The van der Waals surface area contributed by atoms with E-state index in [0.717, 1.165) is 19.6 Å². The van der Waals surface area contributed by atoms with Crippen LogP contribution >= 0.6 is 0 Å². The average Bonchev–Trinajstić information content (AvgIpc) is 3.18. The molecular formula is C25H34N2. The first-order valence-corrected chi connectivity index (χ1v) is 10.4. The van der Waals surface area contributed by atoms with Crippen molar-refractivity contribution in [3.05, 3.63) is 71.8 Å². The average molecular weight is 363 g/mol. The molecule has 1 aliphatic rings. The Balaban J connectivity index is 2.20. The van der Waals surface area contributed by atoms with E-state index in [0.29, 0.717) is 11.8 Å². The highest BCUT2D eigenvalue weighted by Gasteiger charge is 2.46. The van der Waals surface area contributed by atoms with E-state index >= 15 is 0 Å². The number of hydrogen-bond acceptors (Lipinski definition) is 2. The summed E-state index contributed by atoms with van der Waals surface area (Å²) in [7, 11) is 0. The summed E-state index contributed by atoms with van der Waals surface area (Å²) in [4.78, 5) is 7.73. The van der Waals surface area contributed by atoms with Crippen LogP contribution in [0.3, 0.4) is 0 Å². The summed E-state index contributed by atoms with van der Waals surface area (Å²) >= 11 is 0. The summed E-state index contributed by atoms with van der Waals surface area (Å²) in [6.07, 6.45) is 1.21. The fraction of sp³-hybridized carbons (Fsp3) is 0.480. The molecular weight excluding hydrogens is 328 g/mol. The largest absolute Gasteiger partial charge is 0.303 e. The van der Waals surface area contributed by atoms with Crippen molar-refractivity contribution < 1.29 is 0 Å². The lowest BCUT2D eigenvalue weighted by atomic mass is 9.62. The highest BCUT2D eigenvalue weighted by Crippen LogP contribution is 2.45. The summed E-state index contributed by atoms with van der Waals surface area (Å²) in [5, 5.41) is 0. The maximum atomic E-state index is 5.14. The van der Waals surface area contributed by atoms with Crippen LogP contribution in [0.2, 0.25) is 0 Å². The fourth-order valence-corrected chi connectivity index (χ4v) is 4.67. The SMILES string of the molecule is CCN1CCC(C(C(C)=NCC(C)C)(c2ccccc2)c2ccccc2)C1. The van der Waals surface area contributed by atoms with Crippen molar-refractivity contribution in [2.75, 3.05) is 26.2 Å². The molecule has 0 N–H and O–H groups in total. The number of benzene rings is 2. The molecule has 2 aromatic rings. The van der Waals surface area contributed by atoms with Gasteiger partial charge in [0, 0.05) is 18.8 Å². The van der Waals surface area contributed by atoms with Gasteiger partial charge in [-0.1, -0.05) is 81.4 Å². The van der Waals surface area contributed by atoms with Gasteiger partial charge in [0.05, 0.1) is 5.41 Å². The lowest BCUT2D eigenvalue weighted by Gasteiger charge is -2.41. The predicted octanol–water partition coefficient (Wildman–Crippen LogP) is 5.43. The van der Waals surface area contributed by atoms with Crippen LogP contribution in [0.5, 0.6) is 0 Å². The quantitative estimate of drug-likeness (QED) is 0.600. The molecule has 1 heterocycles. The van der Waals surface area contributed by atoms with Gasteiger partial charge in [-0.25, -0.2) is 0 Å². The number of nitrogens with zero attached hydrogens (tertiary/aromatic N) is 2. The predicted molar refractivity (Wildman–Crippen MR) is 117 cm³/mol. The van der Waals surface area contributed by atoms with Crippen molar-refractivity contribution in [1.82, 2.24) is 4.90 Å². The summed E-state index contributed by atoms with van der Waals surface area (Å²) in [5.41, 5.74) is 3.87. The smallest absolute Gasteiger partial charge is 0.0618 e. The molecule has 0 aromatic heterocycles. The Morgan fingerprint density at radius 3 is 2.04 bits per heavy atom. The second-order valence-corrected chi connectivity index (χ2v) is 8.24. The Morgan fingerprint density at radius 2 is 1.59 bits per heavy atom. The maximum Gasteiger partial charge on any atom is 0.0618 e. The number of likely N-dealkylation sites (tertiary alicyclic amines) is 1. The minimum Gasteiger partial charge on any atom is -0.303 e. The van der Waals surface area contributed by atoms with E-state index in [4.69, 9.17) is 4.99 Å². The van der Waals surface area contributed by atoms with Gasteiger partial charge in [0.25, 0.3) is 0 Å². The molecule has 27 heavy (non-hydrogen) atoms. The van der Waals surface area contributed by atoms with Crippen LogP contribution in [-0.4, -0.2) is 36.8 Å². The van der Waals surface area contributed by atoms with Crippen molar-refractivity contribution in [3.63, 3.8) is 0 Å². The number of rotatable bonds is 7. The van der Waals surface area contributed by atoms with Crippen LogP contribution in [0.1, 0.15) is 45.2 Å². The second kappa shape index (κ2) is 8.84. The van der Waals surface area contributed by atoms with E-state index in [2.05, 4.69) is 93.3 Å². The third-order valence-corrected chi connectivity index (χ3v) is 6.05. The molecule has 0 spiro atoms. The Bertz CT molecular complexity index is 694. The van der Waals surface area contributed by atoms with Gasteiger partial charge in [-0.2, -0.15) is 0 Å². The first kappa shape index (κ1) is 19.8. The first-order valence-electron chi connectivity index (χ1n) is 10.4. The summed E-state index contributed by atoms with van der Waals surface area (Å²) in [6, 6.07) is 22.1. The van der Waals surface area contributed by atoms with Crippen LogP contribution in [0.4, 0.5) is 0 Å². The van der Waals surface area contributed by atoms with E-state index in [1.807, 2.05) is 0 Å². The molecule has 1 aliphatic heterocycles. The van der Waals surface area contributed by atoms with Gasteiger partial charge in [0.2, 0.25) is 0 Å². The van der Waals surface area contributed by atoms with E-state index < -0.39 is 0 Å². The van der Waals surface area contributed by atoms with Crippen LogP contribution < -0.4 is 0 Å². The molecule has 2 aromatic carbocycles. The van der Waals surface area contributed by atoms with Gasteiger partial charge >= 0.3 is 0 Å². The van der Waals surface area contributed by atoms with Gasteiger partial charge in [-0.05, 0) is 49.4 Å². The van der Waals surface area contributed by atoms with E-state index in [-0.39, 0.29) is 5.41 Å². The Morgan fingerprint density at radius 1 is 1.04 bits per heavy atom. The standard InChI is InChI=1S/C25H34N2/c1-5-27-17-16-24(19-27)25(21(4)26-18-20(2)3,22-12-8-6-9-13-22)23-14-10-7-11-15-23/h6-15,20,24H,5,16-19H2,1-4H3. The Hall–Kier alpha value is -1.93. The summed E-state index contributed by atoms with van der Waals surface area (Å²) in [5.74, 6) is 1.11. The summed E-state index contributed by atoms with van der Waals surface area (Å²) in [6.45, 7) is 13.4. The van der Waals surface area contributed by atoms with Crippen molar-refractivity contribution >= 4 is 5.71 Å². The van der Waals surface area contributed by atoms with Crippen molar-refractivity contribution in [1.29, 1.82) is 0 Å². The van der Waals surface area contributed by atoms with Gasteiger partial charge in [-0.15, -0.1) is 0 Å². The third-order valence-electron chi connectivity index (χ3n) is 6.05. The second-order valence-electron chi connectivity index (χ2n) is 8.24. The number of aliphatic imine (C=N–C) groups is 1. The third kappa shape index (κ3) is 4.01. The summed E-state index contributed by atoms with van der Waals surface area (Å²) < 4.78 is 0. The first-order chi connectivity index (χ1) is 13.1. The Kier molecular flexibility index (Phi) is 6.49. The molecule has 0 radical (unpaired) electrons. The maximum absolute atomic E-state index is 5.14. The minimum atomic E-state index is -0.151. The van der Waals surface area contributed by atoms with Crippen LogP contribution in [0.15, 0.2) is 65.7 Å². The van der Waals surface area contributed by atoms with Gasteiger partial charge < -0.3 is 4.90 Å². The lowest BCUT2D eigenvalue weighted by Crippen LogP contribution is -2.44. The number of hydrogen-bond donors (Lipinski definition) is 0. The lowest BCUT2D eigenvalue weighted by molar-refractivity contribution is 0.322. The Labute approximate surface area is 165 Å². The molecule has 1 saturated heterocycles. The van der Waals surface area contributed by atoms with Crippen molar-refractivity contribution in [2.24, 2.45) is 16.8 Å². The molecule has 144 valence electrons. The highest BCUT2D eigenvalue weighted by atomic mass is 15.1. The zero-order valence-corrected chi connectivity index (χ0v) is 17.4. The minimum absolute atomic E-state index is 0.151. The van der Waals surface area contributed by atoms with E-state index in [1.165, 1.54) is 29.8 Å². The zero-order valence-electron chi connectivity index (χ0n) is 17.4. The zero-order chi connectivity index (χ0) is 19.3. The molecule has 0 bridgehead atoms. The van der Waals surface area contributed by atoms with Gasteiger partial charge in [-0.3, -0.25) is 4.99 Å². The highest BCUT2D eigenvalue weighted by molar-refractivity contribution is 5.97. The van der Waals surface area contributed by atoms with E-state index in [9.17, 15) is 0 Å². The van der Waals surface area contributed by atoms with Crippen LogP contribution in [0, 0.1) is 11.8 Å². The molecule has 0 amide bonds. The normalized spacial score (nSPS) is 19.0. The molecule has 0 saturated carbocycles. The fourth-order valence-electron chi connectivity index (χ4n) is 4.67. The molecule has 1 fully saturated rings. The molecule has 1 atom stereocenters. The monoisotopic (exact) mass is 362 g/mol. The molecule has 2 heteroatoms. The molecule has 1 unspecified atom stereocenters. The van der Waals surface area contributed by atoms with Gasteiger partial charge in [0.1, 0.15) is 0 Å². The topological polar surface area (TPSA) is 15.6 Å². The van der Waals surface area contributed by atoms with Gasteiger partial charge in [0.15, 0.2) is 0 Å². The van der Waals surface area contributed by atoms with Crippen molar-refractivity contribution in [2.45, 2.75) is 39.5 Å². The molecule has 2 nitrogen and oxygen atoms in total. The van der Waals surface area contributed by atoms with E-state index in [1.54, 1.807) is 0 Å². The molecule has 3 rings (SSSR count).